The molecule has 0 amide bonds. The van der Waals surface area contributed by atoms with Crippen LogP contribution in [0.3, 0.4) is 0 Å². The van der Waals surface area contributed by atoms with Crippen LogP contribution in [0.5, 0.6) is 0 Å². The van der Waals surface area contributed by atoms with E-state index in [2.05, 4.69) is 88.7 Å². The number of hydrogen-bond acceptors (Lipinski definition) is 4. The smallest absolute Gasteiger partial charge is 0.0594 e. The summed E-state index contributed by atoms with van der Waals surface area (Å²) in [7, 11) is -0.657. The van der Waals surface area contributed by atoms with Crippen LogP contribution >= 0.6 is 7.92 Å². The molecule has 2 fully saturated rings. The Labute approximate surface area is 198 Å². The normalized spacial score (nSPS) is 18.0. The third-order valence-corrected chi connectivity index (χ3v) is 9.13. The summed E-state index contributed by atoms with van der Waals surface area (Å²) >= 11 is 0. The lowest BCUT2D eigenvalue weighted by Gasteiger charge is -2.31. The Morgan fingerprint density at radius 3 is 1.45 bits per heavy atom. The molecule has 2 heterocycles. The molecule has 2 aliphatic heterocycles. The van der Waals surface area contributed by atoms with E-state index in [0.29, 0.717) is 0 Å². The van der Waals surface area contributed by atoms with Gasteiger partial charge in [-0.3, -0.25) is 9.80 Å². The van der Waals surface area contributed by atoms with Gasteiger partial charge in [0.25, 0.3) is 0 Å². The average Bonchev–Trinajstić information content (AvgIpc) is 2.88. The maximum atomic E-state index is 5.59. The second-order valence-electron chi connectivity index (χ2n) is 8.71. The van der Waals surface area contributed by atoms with Gasteiger partial charge in [0.15, 0.2) is 0 Å². The number of ether oxygens (including phenoxy) is 2. The van der Waals surface area contributed by atoms with E-state index >= 15 is 0 Å². The highest BCUT2D eigenvalue weighted by molar-refractivity contribution is 7.80. The molecule has 172 valence electrons. The molecule has 0 radical (unpaired) electrons. The number of rotatable bonds is 7. The molecule has 33 heavy (non-hydrogen) atoms. The first-order valence-electron chi connectivity index (χ1n) is 12.0. The lowest BCUT2D eigenvalue weighted by molar-refractivity contribution is 0.0343. The van der Waals surface area contributed by atoms with Crippen LogP contribution < -0.4 is 15.9 Å². The van der Waals surface area contributed by atoms with Crippen LogP contribution in [-0.4, -0.2) is 62.4 Å². The van der Waals surface area contributed by atoms with Crippen LogP contribution in [0, 0.1) is 0 Å². The van der Waals surface area contributed by atoms with Crippen molar-refractivity contribution in [2.45, 2.75) is 13.1 Å². The summed E-state index contributed by atoms with van der Waals surface area (Å²) in [6, 6.07) is 29.3. The molecule has 0 aromatic heterocycles. The summed E-state index contributed by atoms with van der Waals surface area (Å²) < 4.78 is 11.2. The van der Waals surface area contributed by atoms with Crippen LogP contribution in [0.25, 0.3) is 0 Å². The van der Waals surface area contributed by atoms with Crippen molar-refractivity contribution in [3.8, 4) is 0 Å². The molecular formula is C28H33N2O2P. The van der Waals surface area contributed by atoms with Crippen molar-refractivity contribution in [2.75, 3.05) is 52.6 Å². The lowest BCUT2D eigenvalue weighted by Crippen LogP contribution is -2.38. The number of benzene rings is 3. The fourth-order valence-electron chi connectivity index (χ4n) is 4.71. The molecule has 0 aliphatic carbocycles. The Morgan fingerprint density at radius 1 is 0.545 bits per heavy atom. The molecule has 0 unspecified atom stereocenters. The summed E-state index contributed by atoms with van der Waals surface area (Å²) in [5, 5.41) is 4.36. The van der Waals surface area contributed by atoms with Gasteiger partial charge in [0.05, 0.1) is 26.4 Å². The van der Waals surface area contributed by atoms with E-state index in [1.807, 2.05) is 0 Å². The van der Waals surface area contributed by atoms with Gasteiger partial charge in [-0.1, -0.05) is 78.9 Å². The molecule has 0 N–H and O–H groups in total. The van der Waals surface area contributed by atoms with Crippen LogP contribution in [0.2, 0.25) is 0 Å². The molecule has 0 saturated carbocycles. The quantitative estimate of drug-likeness (QED) is 0.506. The zero-order chi connectivity index (χ0) is 22.3. The predicted octanol–water partition coefficient (Wildman–Crippen LogP) is 3.11. The summed E-state index contributed by atoms with van der Waals surface area (Å²) in [4.78, 5) is 5.06. The largest absolute Gasteiger partial charge is 0.379 e. The molecule has 3 aromatic carbocycles. The minimum absolute atomic E-state index is 0.657. The topological polar surface area (TPSA) is 24.9 Å². The predicted molar refractivity (Wildman–Crippen MR) is 137 cm³/mol. The Morgan fingerprint density at radius 2 is 0.970 bits per heavy atom. The molecule has 4 nitrogen and oxygen atoms in total. The first-order valence-corrected chi connectivity index (χ1v) is 13.3. The Bertz CT molecular complexity index is 954. The van der Waals surface area contributed by atoms with Crippen LogP contribution in [-0.2, 0) is 22.6 Å². The van der Waals surface area contributed by atoms with Crippen molar-refractivity contribution in [3.05, 3.63) is 90.0 Å². The molecule has 0 bridgehead atoms. The van der Waals surface area contributed by atoms with Crippen molar-refractivity contribution in [1.82, 2.24) is 9.80 Å². The summed E-state index contributed by atoms with van der Waals surface area (Å²) in [5.74, 6) is 0. The first kappa shape index (κ1) is 22.7. The van der Waals surface area contributed by atoms with Crippen molar-refractivity contribution < 1.29 is 9.47 Å². The van der Waals surface area contributed by atoms with Gasteiger partial charge in [-0.2, -0.15) is 0 Å². The summed E-state index contributed by atoms with van der Waals surface area (Å²) in [6.07, 6.45) is 0. The van der Waals surface area contributed by atoms with E-state index in [0.717, 1.165) is 65.7 Å². The summed E-state index contributed by atoms with van der Waals surface area (Å²) in [6.45, 7) is 9.31. The maximum absolute atomic E-state index is 5.59. The van der Waals surface area contributed by atoms with Gasteiger partial charge in [-0.15, -0.1) is 0 Å². The second-order valence-corrected chi connectivity index (χ2v) is 10.9. The molecule has 2 saturated heterocycles. The molecule has 0 atom stereocenters. The minimum atomic E-state index is -0.657. The van der Waals surface area contributed by atoms with Gasteiger partial charge in [0.1, 0.15) is 0 Å². The third kappa shape index (κ3) is 5.71. The standard InChI is InChI=1S/C28H33N2O2P/c1-2-10-26(11-3-1)33(27-12-6-4-8-24(27)22-29-14-18-31-19-15-29)28-13-7-5-9-25(28)23-30-16-20-32-21-17-30/h1-13H,14-23H2. The van der Waals surface area contributed by atoms with Crippen LogP contribution in [0.1, 0.15) is 11.1 Å². The molecule has 2 aliphatic rings. The van der Waals surface area contributed by atoms with E-state index in [-0.39, 0.29) is 0 Å². The van der Waals surface area contributed by atoms with E-state index in [4.69, 9.17) is 9.47 Å². The van der Waals surface area contributed by atoms with Gasteiger partial charge in [0.2, 0.25) is 0 Å². The second kappa shape index (κ2) is 11.4. The van der Waals surface area contributed by atoms with Gasteiger partial charge >= 0.3 is 0 Å². The Kier molecular flexibility index (Phi) is 7.83. The minimum Gasteiger partial charge on any atom is -0.379 e. The highest BCUT2D eigenvalue weighted by Crippen LogP contribution is 2.36. The fraction of sp³-hybridized carbons (Fsp3) is 0.357. The van der Waals surface area contributed by atoms with Crippen molar-refractivity contribution >= 4 is 23.8 Å². The summed E-state index contributed by atoms with van der Waals surface area (Å²) in [5.41, 5.74) is 2.88. The molecule has 5 rings (SSSR count). The molecule has 3 aromatic rings. The molecule has 5 heteroatoms. The highest BCUT2D eigenvalue weighted by atomic mass is 31.1. The number of hydrogen-bond donors (Lipinski definition) is 0. The molecule has 0 spiro atoms. The van der Waals surface area contributed by atoms with Crippen molar-refractivity contribution in [2.24, 2.45) is 0 Å². The van der Waals surface area contributed by atoms with Crippen molar-refractivity contribution in [3.63, 3.8) is 0 Å². The molecular weight excluding hydrogens is 427 g/mol. The average molecular weight is 461 g/mol. The van der Waals surface area contributed by atoms with E-state index in [1.165, 1.54) is 27.0 Å². The van der Waals surface area contributed by atoms with E-state index in [1.54, 1.807) is 0 Å². The monoisotopic (exact) mass is 460 g/mol. The van der Waals surface area contributed by atoms with Gasteiger partial charge in [-0.25, -0.2) is 0 Å². The number of morpholine rings is 2. The first-order chi connectivity index (χ1) is 16.4. The van der Waals surface area contributed by atoms with Gasteiger partial charge in [-0.05, 0) is 35.0 Å². The van der Waals surface area contributed by atoms with Gasteiger partial charge in [0, 0.05) is 39.3 Å². The number of nitrogens with zero attached hydrogens (tertiary/aromatic N) is 2. The van der Waals surface area contributed by atoms with Crippen molar-refractivity contribution in [1.29, 1.82) is 0 Å². The van der Waals surface area contributed by atoms with E-state index in [9.17, 15) is 0 Å². The Balaban J connectivity index is 1.54. The third-order valence-electron chi connectivity index (χ3n) is 6.47. The zero-order valence-corrected chi connectivity index (χ0v) is 20.1. The SMILES string of the molecule is c1ccc(P(c2ccccc2CN2CCOCC2)c2ccccc2CN2CCOCC2)cc1. The maximum Gasteiger partial charge on any atom is 0.0594 e. The van der Waals surface area contributed by atoms with E-state index < -0.39 is 7.92 Å². The fourth-order valence-corrected chi connectivity index (χ4v) is 7.33. The highest BCUT2D eigenvalue weighted by Gasteiger charge is 2.24. The Hall–Kier alpha value is -2.07. The van der Waals surface area contributed by atoms with Crippen LogP contribution in [0.15, 0.2) is 78.9 Å². The zero-order valence-electron chi connectivity index (χ0n) is 19.2. The lowest BCUT2D eigenvalue weighted by atomic mass is 10.2. The van der Waals surface area contributed by atoms with Gasteiger partial charge < -0.3 is 9.47 Å². The van der Waals surface area contributed by atoms with Crippen LogP contribution in [0.4, 0.5) is 0 Å².